The average Bonchev–Trinajstić information content (AvgIpc) is 2.90. The van der Waals surface area contributed by atoms with E-state index >= 15 is 0 Å². The van der Waals surface area contributed by atoms with Gasteiger partial charge in [-0.25, -0.2) is 0 Å². The molecule has 2 aromatic rings. The molecule has 1 aliphatic carbocycles. The highest BCUT2D eigenvalue weighted by Crippen LogP contribution is 2.38. The van der Waals surface area contributed by atoms with Gasteiger partial charge in [-0.05, 0) is 44.4 Å². The molecule has 0 saturated heterocycles. The molecule has 0 spiro atoms. The first-order chi connectivity index (χ1) is 11.0. The first-order valence-corrected chi connectivity index (χ1v) is 7.94. The maximum atomic E-state index is 12.5. The standard InChI is InChI=1S/C17H23N5O/c1-11-5-4-6-15(19-11)14-10-22(13-7-12(8-13)9-18)20-16(14)17(23)21(2)3/h4-6,10,12-13H,7-9,18H2,1-3H3/t12-,13-. The normalized spacial score (nSPS) is 20.2. The first kappa shape index (κ1) is 15.7. The first-order valence-electron chi connectivity index (χ1n) is 7.94. The van der Waals surface area contributed by atoms with Crippen molar-refractivity contribution in [2.45, 2.75) is 25.8 Å². The van der Waals surface area contributed by atoms with Crippen molar-refractivity contribution in [3.63, 3.8) is 0 Å². The number of carbonyl (C=O) groups is 1. The largest absolute Gasteiger partial charge is 0.343 e. The summed E-state index contributed by atoms with van der Waals surface area (Å²) in [5, 5.41) is 4.57. The lowest BCUT2D eigenvalue weighted by molar-refractivity contribution is 0.0820. The molecule has 1 saturated carbocycles. The van der Waals surface area contributed by atoms with Crippen LogP contribution in [-0.4, -0.2) is 46.2 Å². The quantitative estimate of drug-likeness (QED) is 0.934. The van der Waals surface area contributed by atoms with Gasteiger partial charge >= 0.3 is 0 Å². The van der Waals surface area contributed by atoms with E-state index in [0.29, 0.717) is 24.2 Å². The second-order valence-electron chi connectivity index (χ2n) is 6.46. The summed E-state index contributed by atoms with van der Waals surface area (Å²) in [6.45, 7) is 2.66. The molecule has 23 heavy (non-hydrogen) atoms. The van der Waals surface area contributed by atoms with E-state index in [9.17, 15) is 4.79 Å². The van der Waals surface area contributed by atoms with Gasteiger partial charge in [0.05, 0.1) is 17.3 Å². The molecule has 1 aliphatic rings. The minimum absolute atomic E-state index is 0.100. The Labute approximate surface area is 136 Å². The number of pyridine rings is 1. The smallest absolute Gasteiger partial charge is 0.274 e. The van der Waals surface area contributed by atoms with Crippen molar-refractivity contribution in [1.29, 1.82) is 0 Å². The van der Waals surface area contributed by atoms with Gasteiger partial charge in [-0.1, -0.05) is 6.07 Å². The minimum Gasteiger partial charge on any atom is -0.343 e. The third-order valence-electron chi connectivity index (χ3n) is 4.42. The molecule has 0 unspecified atom stereocenters. The van der Waals surface area contributed by atoms with Crippen molar-refractivity contribution in [1.82, 2.24) is 19.7 Å². The third-order valence-corrected chi connectivity index (χ3v) is 4.42. The lowest BCUT2D eigenvalue weighted by Gasteiger charge is -2.34. The van der Waals surface area contributed by atoms with Crippen LogP contribution in [0.2, 0.25) is 0 Å². The number of hydrogen-bond donors (Lipinski definition) is 1. The number of nitrogens with two attached hydrogens (primary N) is 1. The second kappa shape index (κ2) is 6.12. The van der Waals surface area contributed by atoms with Gasteiger partial charge in [-0.15, -0.1) is 0 Å². The van der Waals surface area contributed by atoms with Crippen LogP contribution in [-0.2, 0) is 0 Å². The molecule has 0 radical (unpaired) electrons. The molecule has 1 amide bonds. The van der Waals surface area contributed by atoms with Crippen molar-refractivity contribution in [2.24, 2.45) is 11.7 Å². The predicted molar refractivity (Wildman–Crippen MR) is 89.0 cm³/mol. The molecule has 0 aromatic carbocycles. The number of aromatic nitrogens is 3. The van der Waals surface area contributed by atoms with Gasteiger partial charge in [0.1, 0.15) is 0 Å². The van der Waals surface area contributed by atoms with Crippen molar-refractivity contribution in [3.8, 4) is 11.3 Å². The molecule has 6 heteroatoms. The van der Waals surface area contributed by atoms with Gasteiger partial charge in [0.25, 0.3) is 5.91 Å². The van der Waals surface area contributed by atoms with Crippen LogP contribution in [0.1, 0.15) is 35.1 Å². The summed E-state index contributed by atoms with van der Waals surface area (Å²) in [4.78, 5) is 18.6. The van der Waals surface area contributed by atoms with E-state index in [0.717, 1.165) is 29.8 Å². The van der Waals surface area contributed by atoms with E-state index in [1.54, 1.807) is 19.0 Å². The van der Waals surface area contributed by atoms with E-state index in [1.807, 2.05) is 36.0 Å². The van der Waals surface area contributed by atoms with Crippen molar-refractivity contribution >= 4 is 5.91 Å². The molecule has 0 bridgehead atoms. The zero-order valence-corrected chi connectivity index (χ0v) is 13.9. The van der Waals surface area contributed by atoms with E-state index in [4.69, 9.17) is 5.73 Å². The van der Waals surface area contributed by atoms with Gasteiger partial charge in [0, 0.05) is 26.0 Å². The number of hydrogen-bond acceptors (Lipinski definition) is 4. The fourth-order valence-corrected chi connectivity index (χ4v) is 2.94. The van der Waals surface area contributed by atoms with Gasteiger partial charge in [-0.3, -0.25) is 14.5 Å². The number of rotatable bonds is 4. The number of aryl methyl sites for hydroxylation is 1. The number of carbonyl (C=O) groups excluding carboxylic acids is 1. The topological polar surface area (TPSA) is 77.0 Å². The van der Waals surface area contributed by atoms with E-state index in [1.165, 1.54) is 0 Å². The van der Waals surface area contributed by atoms with Crippen molar-refractivity contribution in [3.05, 3.63) is 35.8 Å². The Bertz CT molecular complexity index is 716. The van der Waals surface area contributed by atoms with Gasteiger partial charge in [-0.2, -0.15) is 5.10 Å². The van der Waals surface area contributed by atoms with Gasteiger partial charge in [0.2, 0.25) is 0 Å². The summed E-state index contributed by atoms with van der Waals surface area (Å²) in [6, 6.07) is 6.15. The van der Waals surface area contributed by atoms with Crippen LogP contribution in [0.5, 0.6) is 0 Å². The van der Waals surface area contributed by atoms with Crippen LogP contribution in [0.4, 0.5) is 0 Å². The third kappa shape index (κ3) is 2.99. The summed E-state index contributed by atoms with van der Waals surface area (Å²) in [5.74, 6) is 0.467. The van der Waals surface area contributed by atoms with Crippen molar-refractivity contribution < 1.29 is 4.79 Å². The molecule has 2 N–H and O–H groups in total. The molecule has 3 rings (SSSR count). The summed E-state index contributed by atoms with van der Waals surface area (Å²) < 4.78 is 1.92. The maximum absolute atomic E-state index is 12.5. The fourth-order valence-electron chi connectivity index (χ4n) is 2.94. The van der Waals surface area contributed by atoms with Gasteiger partial charge in [0.15, 0.2) is 5.69 Å². The fraction of sp³-hybridized carbons (Fsp3) is 0.471. The summed E-state index contributed by atoms with van der Waals surface area (Å²) in [6.07, 6.45) is 4.00. The zero-order chi connectivity index (χ0) is 16.6. The molecular weight excluding hydrogens is 290 g/mol. The highest BCUT2D eigenvalue weighted by molar-refractivity contribution is 5.98. The van der Waals surface area contributed by atoms with E-state index < -0.39 is 0 Å². The number of nitrogens with zero attached hydrogens (tertiary/aromatic N) is 4. The molecular formula is C17H23N5O. The SMILES string of the molecule is Cc1cccc(-c2cn([C@H]3C[C@H](CN)C3)nc2C(=O)N(C)C)n1. The Balaban J connectivity index is 1.99. The van der Waals surface area contributed by atoms with Gasteiger partial charge < -0.3 is 10.6 Å². The zero-order valence-electron chi connectivity index (χ0n) is 13.9. The van der Waals surface area contributed by atoms with Crippen LogP contribution in [0, 0.1) is 12.8 Å². The van der Waals surface area contributed by atoms with Crippen LogP contribution in [0.25, 0.3) is 11.3 Å². The second-order valence-corrected chi connectivity index (χ2v) is 6.46. The lowest BCUT2D eigenvalue weighted by Crippen LogP contribution is -2.32. The Hall–Kier alpha value is -2.21. The van der Waals surface area contributed by atoms with Crippen LogP contribution < -0.4 is 5.73 Å². The monoisotopic (exact) mass is 313 g/mol. The molecule has 2 heterocycles. The van der Waals surface area contributed by atoms with Crippen molar-refractivity contribution in [2.75, 3.05) is 20.6 Å². The van der Waals surface area contributed by atoms with Crippen LogP contribution in [0.15, 0.2) is 24.4 Å². The minimum atomic E-state index is -0.100. The molecule has 6 nitrogen and oxygen atoms in total. The molecule has 122 valence electrons. The Kier molecular flexibility index (Phi) is 4.17. The number of amides is 1. The summed E-state index contributed by atoms with van der Waals surface area (Å²) in [5.41, 5.74) is 8.67. The molecule has 1 fully saturated rings. The summed E-state index contributed by atoms with van der Waals surface area (Å²) >= 11 is 0. The Morgan fingerprint density at radius 3 is 2.74 bits per heavy atom. The molecule has 0 aliphatic heterocycles. The lowest BCUT2D eigenvalue weighted by atomic mass is 9.80. The highest BCUT2D eigenvalue weighted by Gasteiger charge is 2.32. The summed E-state index contributed by atoms with van der Waals surface area (Å²) in [7, 11) is 3.48. The Morgan fingerprint density at radius 2 is 2.13 bits per heavy atom. The van der Waals surface area contributed by atoms with E-state index in [2.05, 4.69) is 10.1 Å². The molecule has 0 atom stereocenters. The predicted octanol–water partition coefficient (Wildman–Crippen LogP) is 1.87. The van der Waals surface area contributed by atoms with E-state index in [-0.39, 0.29) is 5.91 Å². The molecule has 2 aromatic heterocycles. The van der Waals surface area contributed by atoms with Crippen LogP contribution >= 0.6 is 0 Å². The van der Waals surface area contributed by atoms with Crippen LogP contribution in [0.3, 0.4) is 0 Å². The maximum Gasteiger partial charge on any atom is 0.274 e. The Morgan fingerprint density at radius 1 is 1.39 bits per heavy atom. The highest BCUT2D eigenvalue weighted by atomic mass is 16.2. The average molecular weight is 313 g/mol.